The predicted octanol–water partition coefficient (Wildman–Crippen LogP) is 6.88. The van der Waals surface area contributed by atoms with E-state index in [0.717, 1.165) is 44.5 Å². The molecule has 5 N–H and O–H groups in total. The molecule has 2 aliphatic heterocycles. The molecule has 15 heteroatoms. The Morgan fingerprint density at radius 1 is 0.845 bits per heavy atom. The smallest absolute Gasteiger partial charge is 0.393 e. The van der Waals surface area contributed by atoms with Crippen molar-refractivity contribution in [2.24, 2.45) is 0 Å². The molecule has 7 rings (SSSR count). The number of nitrogens with two attached hydrogens (primary N) is 1. The predicted molar refractivity (Wildman–Crippen MR) is 217 cm³/mol. The van der Waals surface area contributed by atoms with Crippen LogP contribution in [0.15, 0.2) is 72.8 Å². The van der Waals surface area contributed by atoms with Crippen LogP contribution in [0.3, 0.4) is 0 Å². The monoisotopic (exact) mass is 798 g/mol. The van der Waals surface area contributed by atoms with E-state index < -0.39 is 29.6 Å². The van der Waals surface area contributed by atoms with Crippen molar-refractivity contribution in [1.29, 1.82) is 0 Å². The lowest BCUT2D eigenvalue weighted by molar-refractivity contribution is -0.138. The van der Waals surface area contributed by atoms with Gasteiger partial charge in [-0.1, -0.05) is 19.1 Å². The van der Waals surface area contributed by atoms with Crippen molar-refractivity contribution in [1.82, 2.24) is 19.8 Å². The number of benzene rings is 4. The van der Waals surface area contributed by atoms with Crippen LogP contribution in [0, 0.1) is 12.7 Å². The molecule has 4 aromatic carbocycles. The SMILES string of the molecule is CCN1CCN(c2ccc(NC(=O)Cc3nc(N)c4c(F)c(-c5cc(NC(=O)c6ccc(CN7CCC(O)CC7)c(C(F)(F)F)c6)ccc5C)ccc4n3)cc2)CC1. The normalized spacial score (nSPS) is 15.8. The lowest BCUT2D eigenvalue weighted by atomic mass is 9.97. The van der Waals surface area contributed by atoms with Crippen LogP contribution in [0.4, 0.5) is 40.4 Å². The summed E-state index contributed by atoms with van der Waals surface area (Å²) < 4.78 is 58.8. The number of rotatable bonds is 10. The number of nitrogens with one attached hydrogen (secondary N) is 2. The number of nitrogen functional groups attached to an aromatic ring is 1. The van der Waals surface area contributed by atoms with Gasteiger partial charge in [-0.3, -0.25) is 14.5 Å². The molecule has 0 unspecified atom stereocenters. The average Bonchev–Trinajstić information content (AvgIpc) is 3.19. The van der Waals surface area contributed by atoms with E-state index in [9.17, 15) is 27.9 Å². The Labute approximate surface area is 333 Å². The molecule has 58 heavy (non-hydrogen) atoms. The van der Waals surface area contributed by atoms with E-state index in [2.05, 4.69) is 37.3 Å². The number of anilines is 4. The fraction of sp³-hybridized carbons (Fsp3) is 0.349. The van der Waals surface area contributed by atoms with Gasteiger partial charge in [0.25, 0.3) is 5.91 Å². The molecule has 3 heterocycles. The molecule has 2 fully saturated rings. The van der Waals surface area contributed by atoms with E-state index in [1.54, 1.807) is 25.1 Å². The Morgan fingerprint density at radius 3 is 2.24 bits per heavy atom. The first-order valence-electron chi connectivity index (χ1n) is 19.4. The Morgan fingerprint density at radius 2 is 1.55 bits per heavy atom. The molecule has 0 atom stereocenters. The molecule has 2 aliphatic rings. The quantitative estimate of drug-likeness (QED) is 0.111. The number of carbonyl (C=O) groups excluding carboxylic acids is 2. The highest BCUT2D eigenvalue weighted by Crippen LogP contribution is 2.36. The van der Waals surface area contributed by atoms with Gasteiger partial charge < -0.3 is 31.3 Å². The zero-order valence-electron chi connectivity index (χ0n) is 32.4. The van der Waals surface area contributed by atoms with Crippen molar-refractivity contribution in [2.45, 2.75) is 51.9 Å². The number of alkyl halides is 3. The fourth-order valence-corrected chi connectivity index (χ4v) is 7.61. The van der Waals surface area contributed by atoms with Gasteiger partial charge in [-0.05, 0) is 104 Å². The van der Waals surface area contributed by atoms with Crippen molar-refractivity contribution < 1.29 is 32.3 Å². The van der Waals surface area contributed by atoms with E-state index >= 15 is 4.39 Å². The summed E-state index contributed by atoms with van der Waals surface area (Å²) in [6.07, 6.45) is -4.37. The van der Waals surface area contributed by atoms with Gasteiger partial charge in [0.1, 0.15) is 17.5 Å². The van der Waals surface area contributed by atoms with Crippen LogP contribution in [-0.4, -0.2) is 88.6 Å². The number of likely N-dealkylation sites (N-methyl/N-ethyl adjacent to an activating group) is 1. The number of halogens is 4. The number of likely N-dealkylation sites (tertiary alicyclic amines) is 1. The Bertz CT molecular complexity index is 2300. The molecule has 0 spiro atoms. The maximum absolute atomic E-state index is 16.3. The number of aryl methyl sites for hydroxylation is 1. The van der Waals surface area contributed by atoms with Gasteiger partial charge in [0, 0.05) is 74.0 Å². The van der Waals surface area contributed by atoms with Crippen molar-refractivity contribution in [3.8, 4) is 11.1 Å². The second kappa shape index (κ2) is 17.1. The molecule has 1 aromatic heterocycles. The van der Waals surface area contributed by atoms with Crippen LogP contribution in [0.2, 0.25) is 0 Å². The summed E-state index contributed by atoms with van der Waals surface area (Å²) in [5, 5.41) is 15.3. The van der Waals surface area contributed by atoms with Crippen LogP contribution >= 0.6 is 0 Å². The van der Waals surface area contributed by atoms with Crippen molar-refractivity contribution in [2.75, 3.05) is 67.1 Å². The molecule has 5 aromatic rings. The summed E-state index contributed by atoms with van der Waals surface area (Å²) in [6.45, 7) is 9.83. The highest BCUT2D eigenvalue weighted by atomic mass is 19.4. The Balaban J connectivity index is 1.04. The second-order valence-electron chi connectivity index (χ2n) is 14.9. The van der Waals surface area contributed by atoms with E-state index in [1.807, 2.05) is 29.2 Å². The summed E-state index contributed by atoms with van der Waals surface area (Å²) in [4.78, 5) is 41.5. The largest absolute Gasteiger partial charge is 0.416 e. The molecule has 0 saturated carbocycles. The average molecular weight is 799 g/mol. The summed E-state index contributed by atoms with van der Waals surface area (Å²) >= 11 is 0. The van der Waals surface area contributed by atoms with E-state index in [1.165, 1.54) is 24.3 Å². The number of hydrogen-bond donors (Lipinski definition) is 4. The zero-order chi connectivity index (χ0) is 41.1. The first-order valence-corrected chi connectivity index (χ1v) is 19.4. The number of amides is 2. The van der Waals surface area contributed by atoms with Crippen LogP contribution in [0.1, 0.15) is 52.6 Å². The van der Waals surface area contributed by atoms with Gasteiger partial charge in [0.2, 0.25) is 5.91 Å². The van der Waals surface area contributed by atoms with Crippen molar-refractivity contribution in [3.05, 3.63) is 107 Å². The number of fused-ring (bicyclic) bond motifs is 1. The maximum atomic E-state index is 16.3. The highest BCUT2D eigenvalue weighted by Gasteiger charge is 2.35. The topological polar surface area (TPSA) is 140 Å². The third-order valence-electron chi connectivity index (χ3n) is 10.9. The fourth-order valence-electron chi connectivity index (χ4n) is 7.61. The van der Waals surface area contributed by atoms with E-state index in [0.29, 0.717) is 42.7 Å². The Kier molecular flexibility index (Phi) is 11.9. The van der Waals surface area contributed by atoms with Gasteiger partial charge in [-0.15, -0.1) is 0 Å². The third-order valence-corrected chi connectivity index (χ3v) is 10.9. The van der Waals surface area contributed by atoms with Crippen LogP contribution in [0.5, 0.6) is 0 Å². The molecule has 0 bridgehead atoms. The van der Waals surface area contributed by atoms with Crippen LogP contribution < -0.4 is 21.3 Å². The molecule has 0 radical (unpaired) electrons. The van der Waals surface area contributed by atoms with Gasteiger partial charge in [0.05, 0.1) is 29.0 Å². The standard InChI is InChI=1S/C43H46F4N8O3/c1-3-53-18-20-55(21-19-53)31-10-8-29(9-11-31)49-38(57)24-37-51-36-13-12-33(40(44)39(36)41(48)52-37)34-23-30(7-4-26(34)2)50-42(58)27-5-6-28(35(22-27)43(45,46)47)25-54-16-14-32(56)15-17-54/h4-13,22-23,32,56H,3,14-21,24-25H2,1-2H3,(H,49,57)(H,50,58)(H2,48,51,52). The number of piperidine rings is 1. The van der Waals surface area contributed by atoms with Crippen molar-refractivity contribution >= 4 is 45.6 Å². The van der Waals surface area contributed by atoms with Crippen LogP contribution in [-0.2, 0) is 23.9 Å². The molecular formula is C43H46F4N8O3. The van der Waals surface area contributed by atoms with Gasteiger partial charge in [-0.25, -0.2) is 14.4 Å². The maximum Gasteiger partial charge on any atom is 0.416 e. The summed E-state index contributed by atoms with van der Waals surface area (Å²) in [6, 6.07) is 19.0. The van der Waals surface area contributed by atoms with Crippen molar-refractivity contribution in [3.63, 3.8) is 0 Å². The summed E-state index contributed by atoms with van der Waals surface area (Å²) in [7, 11) is 0. The summed E-state index contributed by atoms with van der Waals surface area (Å²) in [5.74, 6) is -1.86. The molecular weight excluding hydrogens is 753 g/mol. The summed E-state index contributed by atoms with van der Waals surface area (Å²) in [5.41, 5.74) is 8.58. The molecule has 304 valence electrons. The van der Waals surface area contributed by atoms with Gasteiger partial charge in [0.15, 0.2) is 0 Å². The molecule has 2 amide bonds. The molecule has 11 nitrogen and oxygen atoms in total. The van der Waals surface area contributed by atoms with Crippen LogP contribution in [0.25, 0.3) is 22.0 Å². The number of nitrogens with zero attached hydrogens (tertiary/aromatic N) is 5. The zero-order valence-corrected chi connectivity index (χ0v) is 32.4. The van der Waals surface area contributed by atoms with E-state index in [4.69, 9.17) is 5.73 Å². The lowest BCUT2D eigenvalue weighted by Crippen LogP contribution is -2.46. The number of aliphatic hydroxyl groups excluding tert-OH is 1. The van der Waals surface area contributed by atoms with Gasteiger partial charge >= 0.3 is 6.18 Å². The first-order chi connectivity index (χ1) is 27.7. The molecule has 0 aliphatic carbocycles. The lowest BCUT2D eigenvalue weighted by Gasteiger charge is -2.35. The van der Waals surface area contributed by atoms with Gasteiger partial charge in [-0.2, -0.15) is 13.2 Å². The first kappa shape index (κ1) is 40.6. The third kappa shape index (κ3) is 9.22. The minimum Gasteiger partial charge on any atom is -0.393 e. The number of piperazine rings is 1. The number of carbonyl (C=O) groups is 2. The second-order valence-corrected chi connectivity index (χ2v) is 14.9. The van der Waals surface area contributed by atoms with E-state index in [-0.39, 0.29) is 63.8 Å². The number of hydrogen-bond acceptors (Lipinski definition) is 9. The number of aliphatic hydroxyl groups is 1. The molecule has 2 saturated heterocycles. The minimum atomic E-state index is -4.69. The highest BCUT2D eigenvalue weighted by molar-refractivity contribution is 6.05. The number of aromatic nitrogens is 2. The Hall–Kier alpha value is -5.64. The minimum absolute atomic E-state index is 0.0358.